The molecule has 37 heavy (non-hydrogen) atoms. The lowest BCUT2D eigenvalue weighted by atomic mass is 10.1. The third-order valence-electron chi connectivity index (χ3n) is 5.36. The van der Waals surface area contributed by atoms with Gasteiger partial charge in [-0.2, -0.15) is 4.98 Å². The van der Waals surface area contributed by atoms with Gasteiger partial charge in [-0.15, -0.1) is 0 Å². The molecule has 4 aromatic rings. The van der Waals surface area contributed by atoms with Crippen LogP contribution in [0.5, 0.6) is 0 Å². The van der Waals surface area contributed by atoms with Gasteiger partial charge in [0.2, 0.25) is 11.7 Å². The predicted octanol–water partition coefficient (Wildman–Crippen LogP) is 3.74. The van der Waals surface area contributed by atoms with Gasteiger partial charge in [-0.3, -0.25) is 19.4 Å². The van der Waals surface area contributed by atoms with Crippen molar-refractivity contribution < 1.29 is 23.6 Å². The average molecular weight is 500 g/mol. The summed E-state index contributed by atoms with van der Waals surface area (Å²) in [6.07, 6.45) is 1.72. The van der Waals surface area contributed by atoms with E-state index in [4.69, 9.17) is 9.26 Å². The Bertz CT molecular complexity index is 1360. The van der Waals surface area contributed by atoms with Crippen LogP contribution in [0.2, 0.25) is 0 Å². The minimum absolute atomic E-state index is 0.0481. The van der Waals surface area contributed by atoms with Gasteiger partial charge in [-0.05, 0) is 36.8 Å². The Morgan fingerprint density at radius 2 is 1.73 bits per heavy atom. The summed E-state index contributed by atoms with van der Waals surface area (Å²) in [6, 6.07) is 21.3. The van der Waals surface area contributed by atoms with Crippen LogP contribution in [0.3, 0.4) is 0 Å². The fourth-order valence-electron chi connectivity index (χ4n) is 3.46. The first-order valence-corrected chi connectivity index (χ1v) is 11.6. The third kappa shape index (κ3) is 7.07. The molecule has 2 heterocycles. The van der Waals surface area contributed by atoms with Crippen molar-refractivity contribution in [2.75, 3.05) is 11.9 Å². The number of hydrogen-bond acceptors (Lipinski definition) is 8. The Hall–Kier alpha value is -4.86. The first kappa shape index (κ1) is 25.2. The summed E-state index contributed by atoms with van der Waals surface area (Å²) in [6.45, 7) is 1.37. The number of rotatable bonds is 10. The number of aryl methyl sites for hydroxylation is 1. The molecule has 0 aliphatic carbocycles. The highest BCUT2D eigenvalue weighted by Gasteiger charge is 2.17. The first-order chi connectivity index (χ1) is 18.0. The van der Waals surface area contributed by atoms with Crippen LogP contribution in [0.15, 0.2) is 83.5 Å². The molecule has 10 nitrogen and oxygen atoms in total. The number of nitrogens with zero attached hydrogens (tertiary/aromatic N) is 3. The van der Waals surface area contributed by atoms with Crippen LogP contribution >= 0.6 is 0 Å². The minimum Gasteiger partial charge on any atom is -0.456 e. The van der Waals surface area contributed by atoms with Gasteiger partial charge in [0.15, 0.2) is 6.61 Å². The molecule has 2 aromatic heterocycles. The lowest BCUT2D eigenvalue weighted by molar-refractivity contribution is -0.147. The van der Waals surface area contributed by atoms with E-state index in [0.29, 0.717) is 22.8 Å². The van der Waals surface area contributed by atoms with Gasteiger partial charge in [0.05, 0.1) is 23.7 Å². The maximum absolute atomic E-state index is 12.8. The number of ether oxygens (including phenoxy) is 1. The second-order valence-electron chi connectivity index (χ2n) is 8.09. The van der Waals surface area contributed by atoms with Gasteiger partial charge in [0, 0.05) is 12.6 Å². The Morgan fingerprint density at radius 3 is 2.51 bits per heavy atom. The third-order valence-corrected chi connectivity index (χ3v) is 5.36. The number of carbonyl (C=O) groups is 3. The van der Waals surface area contributed by atoms with E-state index >= 15 is 0 Å². The summed E-state index contributed by atoms with van der Waals surface area (Å²) in [5.41, 5.74) is 2.12. The molecule has 2 aromatic carbocycles. The van der Waals surface area contributed by atoms with Gasteiger partial charge in [0.1, 0.15) is 5.69 Å². The monoisotopic (exact) mass is 499 g/mol. The van der Waals surface area contributed by atoms with Crippen LogP contribution in [-0.2, 0) is 20.7 Å². The topological polar surface area (TPSA) is 136 Å². The van der Waals surface area contributed by atoms with E-state index in [-0.39, 0.29) is 30.7 Å². The Kier molecular flexibility index (Phi) is 8.33. The van der Waals surface area contributed by atoms with Crippen LogP contribution in [0.4, 0.5) is 5.69 Å². The van der Waals surface area contributed by atoms with Crippen molar-refractivity contribution in [3.05, 3.63) is 96.0 Å². The number of carbonyl (C=O) groups excluding carboxylic acids is 3. The molecule has 2 N–H and O–H groups in total. The standard InChI is InChI=1S/C27H25N5O5/c1-18(19-9-3-2-4-10-19)29-27(35)20-11-5-6-12-21(20)30-23(33)17-36-25(34)15-14-24-31-26(32-37-24)22-13-7-8-16-28-22/h2-13,16,18H,14-15,17H2,1H3,(H,29,35)(H,30,33). The summed E-state index contributed by atoms with van der Waals surface area (Å²) in [5, 5.41) is 9.40. The molecule has 0 bridgehead atoms. The number of amides is 2. The van der Waals surface area contributed by atoms with Gasteiger partial charge < -0.3 is 19.9 Å². The number of nitrogens with one attached hydrogen (secondary N) is 2. The molecular weight excluding hydrogens is 474 g/mol. The normalized spacial score (nSPS) is 11.4. The molecule has 1 atom stereocenters. The Morgan fingerprint density at radius 1 is 0.973 bits per heavy atom. The molecule has 0 fully saturated rings. The second-order valence-corrected chi connectivity index (χ2v) is 8.09. The van der Waals surface area contributed by atoms with E-state index in [1.807, 2.05) is 37.3 Å². The van der Waals surface area contributed by atoms with E-state index in [1.165, 1.54) is 0 Å². The summed E-state index contributed by atoms with van der Waals surface area (Å²) in [4.78, 5) is 45.7. The summed E-state index contributed by atoms with van der Waals surface area (Å²) >= 11 is 0. The van der Waals surface area contributed by atoms with E-state index in [0.717, 1.165) is 5.56 Å². The molecule has 1 unspecified atom stereocenters. The highest BCUT2D eigenvalue weighted by Crippen LogP contribution is 2.18. The van der Waals surface area contributed by atoms with E-state index in [1.54, 1.807) is 48.7 Å². The number of pyridine rings is 1. The molecule has 0 saturated carbocycles. The van der Waals surface area contributed by atoms with Crippen molar-refractivity contribution in [2.45, 2.75) is 25.8 Å². The fraction of sp³-hybridized carbons (Fsp3) is 0.185. The van der Waals surface area contributed by atoms with Crippen molar-refractivity contribution in [2.24, 2.45) is 0 Å². The van der Waals surface area contributed by atoms with E-state index in [9.17, 15) is 14.4 Å². The number of esters is 1. The van der Waals surface area contributed by atoms with Gasteiger partial charge in [-0.25, -0.2) is 0 Å². The second kappa shape index (κ2) is 12.2. The van der Waals surface area contributed by atoms with Crippen LogP contribution in [0, 0.1) is 0 Å². The van der Waals surface area contributed by atoms with Crippen LogP contribution in [-0.4, -0.2) is 39.5 Å². The molecular formula is C27H25N5O5. The molecule has 2 amide bonds. The highest BCUT2D eigenvalue weighted by atomic mass is 16.5. The van der Waals surface area contributed by atoms with Crippen LogP contribution in [0.1, 0.15) is 41.2 Å². The van der Waals surface area contributed by atoms with E-state index < -0.39 is 18.5 Å². The molecule has 0 saturated heterocycles. The van der Waals surface area contributed by atoms with Crippen molar-refractivity contribution in [1.29, 1.82) is 0 Å². The smallest absolute Gasteiger partial charge is 0.306 e. The number of benzene rings is 2. The molecule has 188 valence electrons. The number of anilines is 1. The summed E-state index contributed by atoms with van der Waals surface area (Å²) < 4.78 is 10.2. The van der Waals surface area contributed by atoms with Crippen molar-refractivity contribution in [3.63, 3.8) is 0 Å². The van der Waals surface area contributed by atoms with Gasteiger partial charge in [-0.1, -0.05) is 53.7 Å². The lowest BCUT2D eigenvalue weighted by Gasteiger charge is -2.16. The van der Waals surface area contributed by atoms with E-state index in [2.05, 4.69) is 25.8 Å². The number of aromatic nitrogens is 3. The maximum Gasteiger partial charge on any atom is 0.306 e. The summed E-state index contributed by atoms with van der Waals surface area (Å²) in [7, 11) is 0. The average Bonchev–Trinajstić information content (AvgIpc) is 3.41. The molecule has 0 aliphatic heterocycles. The molecule has 4 rings (SSSR count). The van der Waals surface area contributed by atoms with Crippen molar-refractivity contribution >= 4 is 23.5 Å². The van der Waals surface area contributed by atoms with Crippen molar-refractivity contribution in [1.82, 2.24) is 20.4 Å². The molecule has 10 heteroatoms. The highest BCUT2D eigenvalue weighted by molar-refractivity contribution is 6.04. The molecule has 0 aliphatic rings. The minimum atomic E-state index is -0.601. The largest absolute Gasteiger partial charge is 0.456 e. The quantitative estimate of drug-likeness (QED) is 0.315. The van der Waals surface area contributed by atoms with Gasteiger partial charge >= 0.3 is 5.97 Å². The van der Waals surface area contributed by atoms with Gasteiger partial charge in [0.25, 0.3) is 11.8 Å². The zero-order valence-corrected chi connectivity index (χ0v) is 20.1. The first-order valence-electron chi connectivity index (χ1n) is 11.6. The fourth-order valence-corrected chi connectivity index (χ4v) is 3.46. The Labute approximate surface area is 213 Å². The predicted molar refractivity (Wildman–Crippen MR) is 134 cm³/mol. The molecule has 0 spiro atoms. The lowest BCUT2D eigenvalue weighted by Crippen LogP contribution is -2.28. The SMILES string of the molecule is CC(NC(=O)c1ccccc1NC(=O)COC(=O)CCc1nc(-c2ccccn2)no1)c1ccccc1. The van der Waals surface area contributed by atoms with Crippen LogP contribution < -0.4 is 10.6 Å². The Balaban J connectivity index is 1.25. The van der Waals surface area contributed by atoms with Crippen molar-refractivity contribution in [3.8, 4) is 11.5 Å². The number of hydrogen-bond donors (Lipinski definition) is 2. The number of para-hydroxylation sites is 1. The summed E-state index contributed by atoms with van der Waals surface area (Å²) in [5.74, 6) is -0.930. The maximum atomic E-state index is 12.8. The molecule has 0 radical (unpaired) electrons. The zero-order chi connectivity index (χ0) is 26.0. The van der Waals surface area contributed by atoms with Crippen LogP contribution in [0.25, 0.3) is 11.5 Å². The zero-order valence-electron chi connectivity index (χ0n) is 20.1.